The Hall–Kier alpha value is -2.60. The summed E-state index contributed by atoms with van der Waals surface area (Å²) in [6.07, 6.45) is 2.23. The normalized spacial score (nSPS) is 17.3. The molecule has 3 aromatic rings. The van der Waals surface area contributed by atoms with Crippen molar-refractivity contribution in [2.75, 3.05) is 25.5 Å². The smallest absolute Gasteiger partial charge is 0.173 e. The number of aromatic amines is 1. The molecule has 0 unspecified atom stereocenters. The zero-order valence-corrected chi connectivity index (χ0v) is 15.6. The Morgan fingerprint density at radius 2 is 2.04 bits per heavy atom. The third-order valence-electron chi connectivity index (χ3n) is 4.84. The van der Waals surface area contributed by atoms with Gasteiger partial charge in [0.15, 0.2) is 5.11 Å². The van der Waals surface area contributed by atoms with E-state index in [0.29, 0.717) is 5.92 Å². The number of nitrogens with zero attached hydrogens (tertiary/aromatic N) is 2. The lowest BCUT2D eigenvalue weighted by Crippen LogP contribution is -2.41. The molecule has 0 amide bonds. The Labute approximate surface area is 158 Å². The fourth-order valence-electron chi connectivity index (χ4n) is 3.43. The van der Waals surface area contributed by atoms with Gasteiger partial charge in [0.1, 0.15) is 11.6 Å². The average Bonchev–Trinajstić information content (AvgIpc) is 3.13. The summed E-state index contributed by atoms with van der Waals surface area (Å²) in [4.78, 5) is 10.5. The first-order valence-electron chi connectivity index (χ1n) is 8.87. The van der Waals surface area contributed by atoms with E-state index in [-0.39, 0.29) is 0 Å². The van der Waals surface area contributed by atoms with Crippen LogP contribution >= 0.6 is 12.2 Å². The monoisotopic (exact) mass is 366 g/mol. The highest BCUT2D eigenvalue weighted by Crippen LogP contribution is 2.27. The van der Waals surface area contributed by atoms with Crippen molar-refractivity contribution in [2.24, 2.45) is 0 Å². The molecule has 26 heavy (non-hydrogen) atoms. The standard InChI is InChI=1S/C20H22N4OS/c1-25-16-10-8-15(9-11-16)21-20(26)24-12-4-5-14(13-24)19-22-17-6-2-3-7-18(17)23-19/h2-3,6-11,14H,4-5,12-13H2,1H3,(H,21,26)(H,22,23)/t14-/m1/s1. The largest absolute Gasteiger partial charge is 0.497 e. The van der Waals surface area contributed by atoms with Crippen LogP contribution < -0.4 is 10.1 Å². The number of hydrogen-bond acceptors (Lipinski definition) is 3. The number of likely N-dealkylation sites (tertiary alicyclic amines) is 1. The molecule has 0 saturated carbocycles. The quantitative estimate of drug-likeness (QED) is 0.682. The SMILES string of the molecule is COc1ccc(NC(=S)N2CCC[C@@H](c3nc4ccccc4[nH]3)C2)cc1. The topological polar surface area (TPSA) is 53.2 Å². The Bertz CT molecular complexity index is 873. The molecule has 1 saturated heterocycles. The molecule has 4 rings (SSSR count). The first-order valence-corrected chi connectivity index (χ1v) is 9.28. The van der Waals surface area contributed by atoms with Gasteiger partial charge in [-0.25, -0.2) is 4.98 Å². The third-order valence-corrected chi connectivity index (χ3v) is 5.20. The van der Waals surface area contributed by atoms with Gasteiger partial charge in [0.2, 0.25) is 0 Å². The number of H-pyrrole nitrogens is 1. The molecule has 0 bridgehead atoms. The number of imidazole rings is 1. The number of rotatable bonds is 3. The summed E-state index contributed by atoms with van der Waals surface area (Å²) in [5.74, 6) is 2.26. The maximum atomic E-state index is 5.64. The molecule has 1 aliphatic rings. The van der Waals surface area contributed by atoms with Crippen molar-refractivity contribution in [1.82, 2.24) is 14.9 Å². The maximum absolute atomic E-state index is 5.64. The van der Waals surface area contributed by atoms with Gasteiger partial charge in [-0.05, 0) is 61.5 Å². The van der Waals surface area contributed by atoms with Crippen LogP contribution in [-0.4, -0.2) is 40.2 Å². The van der Waals surface area contributed by atoms with Gasteiger partial charge >= 0.3 is 0 Å². The van der Waals surface area contributed by atoms with Crippen LogP contribution in [-0.2, 0) is 0 Å². The van der Waals surface area contributed by atoms with E-state index in [1.54, 1.807) is 7.11 Å². The second-order valence-corrected chi connectivity index (χ2v) is 6.97. The van der Waals surface area contributed by atoms with Crippen LogP contribution in [0.3, 0.4) is 0 Å². The average molecular weight is 366 g/mol. The molecular weight excluding hydrogens is 344 g/mol. The van der Waals surface area contributed by atoms with Gasteiger partial charge in [-0.1, -0.05) is 12.1 Å². The van der Waals surface area contributed by atoms with Gasteiger partial charge in [0.25, 0.3) is 0 Å². The van der Waals surface area contributed by atoms with Gasteiger partial charge in [0.05, 0.1) is 18.1 Å². The number of methoxy groups -OCH3 is 1. The Kier molecular flexibility index (Phi) is 4.75. The summed E-state index contributed by atoms with van der Waals surface area (Å²) < 4.78 is 5.20. The second kappa shape index (κ2) is 7.33. The van der Waals surface area contributed by atoms with Crippen LogP contribution in [0.15, 0.2) is 48.5 Å². The minimum Gasteiger partial charge on any atom is -0.497 e. The Balaban J connectivity index is 1.44. The van der Waals surface area contributed by atoms with Crippen LogP contribution in [0.5, 0.6) is 5.75 Å². The van der Waals surface area contributed by atoms with Crippen LogP contribution in [0.4, 0.5) is 5.69 Å². The number of thiocarbonyl (C=S) groups is 1. The Morgan fingerprint density at radius 3 is 2.81 bits per heavy atom. The predicted molar refractivity (Wildman–Crippen MR) is 109 cm³/mol. The number of anilines is 1. The number of piperidine rings is 1. The van der Waals surface area contributed by atoms with Gasteiger partial charge < -0.3 is 19.9 Å². The number of aromatic nitrogens is 2. The first kappa shape index (κ1) is 16.8. The van der Waals surface area contributed by atoms with Gasteiger partial charge in [0, 0.05) is 24.7 Å². The molecule has 1 aliphatic heterocycles. The zero-order chi connectivity index (χ0) is 17.9. The van der Waals surface area contributed by atoms with E-state index >= 15 is 0 Å². The molecule has 134 valence electrons. The molecule has 2 heterocycles. The molecule has 2 aromatic carbocycles. The first-order chi connectivity index (χ1) is 12.7. The van der Waals surface area contributed by atoms with E-state index in [1.165, 1.54) is 0 Å². The molecule has 5 nitrogen and oxygen atoms in total. The summed E-state index contributed by atoms with van der Waals surface area (Å²) in [6.45, 7) is 1.85. The summed E-state index contributed by atoms with van der Waals surface area (Å²) in [6, 6.07) is 16.0. The lowest BCUT2D eigenvalue weighted by molar-refractivity contribution is 0.307. The van der Waals surface area contributed by atoms with E-state index in [2.05, 4.69) is 21.3 Å². The van der Waals surface area contributed by atoms with E-state index in [4.69, 9.17) is 21.9 Å². The second-order valence-electron chi connectivity index (χ2n) is 6.58. The van der Waals surface area contributed by atoms with Gasteiger partial charge in [-0.2, -0.15) is 0 Å². The molecule has 0 spiro atoms. The van der Waals surface area contributed by atoms with Crippen molar-refractivity contribution in [2.45, 2.75) is 18.8 Å². The summed E-state index contributed by atoms with van der Waals surface area (Å²) in [5, 5.41) is 4.09. The Morgan fingerprint density at radius 1 is 1.23 bits per heavy atom. The summed E-state index contributed by atoms with van der Waals surface area (Å²) >= 11 is 5.64. The fourth-order valence-corrected chi connectivity index (χ4v) is 3.71. The highest BCUT2D eigenvalue weighted by Gasteiger charge is 2.25. The molecule has 6 heteroatoms. The van der Waals surface area contributed by atoms with Crippen molar-refractivity contribution in [3.05, 3.63) is 54.4 Å². The van der Waals surface area contributed by atoms with Crippen molar-refractivity contribution >= 4 is 34.1 Å². The van der Waals surface area contributed by atoms with Crippen LogP contribution in [0.2, 0.25) is 0 Å². The fraction of sp³-hybridized carbons (Fsp3) is 0.300. The van der Waals surface area contributed by atoms with Gasteiger partial charge in [-0.3, -0.25) is 0 Å². The minimum absolute atomic E-state index is 0.367. The van der Waals surface area contributed by atoms with Gasteiger partial charge in [-0.15, -0.1) is 0 Å². The number of nitrogens with one attached hydrogen (secondary N) is 2. The molecule has 1 aromatic heterocycles. The molecule has 0 radical (unpaired) electrons. The highest BCUT2D eigenvalue weighted by atomic mass is 32.1. The van der Waals surface area contributed by atoms with E-state index in [0.717, 1.165) is 59.3 Å². The molecule has 1 atom stereocenters. The van der Waals surface area contributed by atoms with Crippen molar-refractivity contribution in [1.29, 1.82) is 0 Å². The highest BCUT2D eigenvalue weighted by molar-refractivity contribution is 7.80. The molecule has 2 N–H and O–H groups in total. The molecule has 1 fully saturated rings. The number of para-hydroxylation sites is 2. The lowest BCUT2D eigenvalue weighted by Gasteiger charge is -2.33. The van der Waals surface area contributed by atoms with Crippen LogP contribution in [0, 0.1) is 0 Å². The van der Waals surface area contributed by atoms with Crippen molar-refractivity contribution < 1.29 is 4.74 Å². The van der Waals surface area contributed by atoms with E-state index in [1.807, 2.05) is 42.5 Å². The van der Waals surface area contributed by atoms with Crippen LogP contribution in [0.25, 0.3) is 11.0 Å². The number of ether oxygens (including phenoxy) is 1. The number of fused-ring (bicyclic) bond motifs is 1. The van der Waals surface area contributed by atoms with Crippen molar-refractivity contribution in [3.8, 4) is 5.75 Å². The molecule has 0 aliphatic carbocycles. The van der Waals surface area contributed by atoms with Crippen molar-refractivity contribution in [3.63, 3.8) is 0 Å². The zero-order valence-electron chi connectivity index (χ0n) is 14.7. The van der Waals surface area contributed by atoms with E-state index < -0.39 is 0 Å². The van der Waals surface area contributed by atoms with E-state index in [9.17, 15) is 0 Å². The minimum atomic E-state index is 0.367. The predicted octanol–water partition coefficient (Wildman–Crippen LogP) is 4.15. The summed E-state index contributed by atoms with van der Waals surface area (Å²) in [7, 11) is 1.67. The number of hydrogen-bond donors (Lipinski definition) is 2. The number of benzene rings is 2. The lowest BCUT2D eigenvalue weighted by atomic mass is 9.98. The van der Waals surface area contributed by atoms with Crippen LogP contribution in [0.1, 0.15) is 24.6 Å². The third kappa shape index (κ3) is 3.51. The molecular formula is C20H22N4OS. The summed E-state index contributed by atoms with van der Waals surface area (Å²) in [5.41, 5.74) is 3.10. The maximum Gasteiger partial charge on any atom is 0.173 e.